The molecule has 3 rings (SSSR count). The Balaban J connectivity index is 1.63. The van der Waals surface area contributed by atoms with Gasteiger partial charge in [-0.05, 0) is 29.8 Å². The largest absolute Gasteiger partial charge is 0.497 e. The predicted molar refractivity (Wildman–Crippen MR) is 93.0 cm³/mol. The minimum atomic E-state index is -0.399. The van der Waals surface area contributed by atoms with E-state index in [0.29, 0.717) is 17.2 Å². The normalized spacial score (nSPS) is 13.3. The van der Waals surface area contributed by atoms with E-state index in [0.717, 1.165) is 5.56 Å². The van der Waals surface area contributed by atoms with Gasteiger partial charge >= 0.3 is 0 Å². The lowest BCUT2D eigenvalue weighted by Crippen LogP contribution is -2.44. The standard InChI is InChI=1S/C18H17N3O4/c1-24-14-6-4-5-13(9-14)10-19-20-17(22)11-21-15-7-2-3-8-16(15)25-12-18(21)23/h2-10H,11-12H2,1H3,(H,20,22)/b19-10-. The SMILES string of the molecule is COc1cccc(/C=N\NC(=O)CN2C(=O)COc3ccccc32)c1. The van der Waals surface area contributed by atoms with Crippen molar-refractivity contribution in [2.24, 2.45) is 5.10 Å². The van der Waals surface area contributed by atoms with Crippen LogP contribution in [-0.2, 0) is 9.59 Å². The summed E-state index contributed by atoms with van der Waals surface area (Å²) in [6.45, 7) is -0.216. The van der Waals surface area contributed by atoms with Gasteiger partial charge in [-0.3, -0.25) is 14.5 Å². The summed E-state index contributed by atoms with van der Waals surface area (Å²) in [5.74, 6) is 0.607. The molecule has 2 aromatic carbocycles. The molecule has 2 amide bonds. The number of hydrogen-bond donors (Lipinski definition) is 1. The Labute approximate surface area is 144 Å². The van der Waals surface area contributed by atoms with Crippen molar-refractivity contribution in [1.29, 1.82) is 0 Å². The van der Waals surface area contributed by atoms with E-state index in [-0.39, 0.29) is 19.1 Å². The van der Waals surface area contributed by atoms with Crippen LogP contribution in [0.3, 0.4) is 0 Å². The van der Waals surface area contributed by atoms with Gasteiger partial charge in [0.2, 0.25) is 0 Å². The first-order valence-electron chi connectivity index (χ1n) is 7.65. The van der Waals surface area contributed by atoms with Gasteiger partial charge in [0.15, 0.2) is 6.61 Å². The number of para-hydroxylation sites is 2. The minimum Gasteiger partial charge on any atom is -0.497 e. The second-order valence-electron chi connectivity index (χ2n) is 5.31. The Morgan fingerprint density at radius 3 is 3.00 bits per heavy atom. The molecule has 0 aromatic heterocycles. The first-order valence-corrected chi connectivity index (χ1v) is 7.65. The number of benzene rings is 2. The number of fused-ring (bicyclic) bond motifs is 1. The second kappa shape index (κ2) is 7.48. The zero-order valence-corrected chi connectivity index (χ0v) is 13.6. The molecule has 0 bridgehead atoms. The number of nitrogens with zero attached hydrogens (tertiary/aromatic N) is 2. The van der Waals surface area contributed by atoms with Crippen LogP contribution in [0, 0.1) is 0 Å². The third-order valence-electron chi connectivity index (χ3n) is 3.61. The highest BCUT2D eigenvalue weighted by atomic mass is 16.5. The molecule has 2 aromatic rings. The highest BCUT2D eigenvalue weighted by molar-refractivity contribution is 6.02. The van der Waals surface area contributed by atoms with Crippen molar-refractivity contribution in [1.82, 2.24) is 5.43 Å². The quantitative estimate of drug-likeness (QED) is 0.662. The van der Waals surface area contributed by atoms with Gasteiger partial charge in [0.05, 0.1) is 19.0 Å². The lowest BCUT2D eigenvalue weighted by Gasteiger charge is -2.28. The van der Waals surface area contributed by atoms with Gasteiger partial charge in [-0.25, -0.2) is 5.43 Å². The van der Waals surface area contributed by atoms with E-state index in [1.165, 1.54) is 11.1 Å². The number of carbonyl (C=O) groups is 2. The second-order valence-corrected chi connectivity index (χ2v) is 5.31. The van der Waals surface area contributed by atoms with Gasteiger partial charge < -0.3 is 9.47 Å². The van der Waals surface area contributed by atoms with Crippen LogP contribution >= 0.6 is 0 Å². The summed E-state index contributed by atoms with van der Waals surface area (Å²) in [7, 11) is 1.58. The van der Waals surface area contributed by atoms with E-state index in [1.807, 2.05) is 24.3 Å². The molecule has 1 aliphatic rings. The van der Waals surface area contributed by atoms with Gasteiger partial charge in [-0.1, -0.05) is 24.3 Å². The van der Waals surface area contributed by atoms with E-state index in [2.05, 4.69) is 10.5 Å². The summed E-state index contributed by atoms with van der Waals surface area (Å²) in [6.07, 6.45) is 1.51. The fraction of sp³-hybridized carbons (Fsp3) is 0.167. The Morgan fingerprint density at radius 1 is 1.32 bits per heavy atom. The van der Waals surface area contributed by atoms with Crippen LogP contribution in [0.2, 0.25) is 0 Å². The molecule has 1 N–H and O–H groups in total. The van der Waals surface area contributed by atoms with Crippen LogP contribution in [-0.4, -0.2) is 38.3 Å². The monoisotopic (exact) mass is 339 g/mol. The Bertz CT molecular complexity index is 819. The molecular formula is C18H17N3O4. The van der Waals surface area contributed by atoms with Crippen molar-refractivity contribution >= 4 is 23.7 Å². The predicted octanol–water partition coefficient (Wildman–Crippen LogP) is 1.57. The van der Waals surface area contributed by atoms with E-state index in [1.54, 1.807) is 31.4 Å². The molecule has 7 heteroatoms. The van der Waals surface area contributed by atoms with Gasteiger partial charge in [0.1, 0.15) is 18.0 Å². The summed E-state index contributed by atoms with van der Waals surface area (Å²) in [5, 5.41) is 3.91. The number of nitrogens with one attached hydrogen (secondary N) is 1. The van der Waals surface area contributed by atoms with Crippen molar-refractivity contribution in [2.45, 2.75) is 0 Å². The maximum Gasteiger partial charge on any atom is 0.265 e. The van der Waals surface area contributed by atoms with E-state index in [9.17, 15) is 9.59 Å². The number of hydrogen-bond acceptors (Lipinski definition) is 5. The number of hydrazone groups is 1. The van der Waals surface area contributed by atoms with Gasteiger partial charge in [0, 0.05) is 0 Å². The number of anilines is 1. The molecule has 0 radical (unpaired) electrons. The molecule has 25 heavy (non-hydrogen) atoms. The first-order chi connectivity index (χ1) is 12.2. The van der Waals surface area contributed by atoms with Crippen LogP contribution in [0.15, 0.2) is 53.6 Å². The van der Waals surface area contributed by atoms with Crippen molar-refractivity contribution in [3.8, 4) is 11.5 Å². The number of amides is 2. The third-order valence-corrected chi connectivity index (χ3v) is 3.61. The molecule has 0 fully saturated rings. The number of rotatable bonds is 5. The molecule has 1 aliphatic heterocycles. The van der Waals surface area contributed by atoms with Crippen LogP contribution in [0.4, 0.5) is 5.69 Å². The zero-order valence-electron chi connectivity index (χ0n) is 13.6. The summed E-state index contributed by atoms with van der Waals surface area (Å²) in [6, 6.07) is 14.4. The van der Waals surface area contributed by atoms with Gasteiger partial charge in [-0.15, -0.1) is 0 Å². The molecule has 0 aliphatic carbocycles. The molecule has 0 saturated heterocycles. The zero-order chi connectivity index (χ0) is 17.6. The molecule has 0 saturated carbocycles. The lowest BCUT2D eigenvalue weighted by atomic mass is 10.2. The van der Waals surface area contributed by atoms with Crippen molar-refractivity contribution in [2.75, 3.05) is 25.2 Å². The fourth-order valence-corrected chi connectivity index (χ4v) is 2.41. The van der Waals surface area contributed by atoms with Gasteiger partial charge in [0.25, 0.3) is 11.8 Å². The van der Waals surface area contributed by atoms with Gasteiger partial charge in [-0.2, -0.15) is 5.10 Å². The summed E-state index contributed by atoms with van der Waals surface area (Å²) in [5.41, 5.74) is 3.78. The maximum absolute atomic E-state index is 12.1. The highest BCUT2D eigenvalue weighted by Crippen LogP contribution is 2.31. The molecule has 0 unspecified atom stereocenters. The third kappa shape index (κ3) is 3.95. The summed E-state index contributed by atoms with van der Waals surface area (Å²) < 4.78 is 10.5. The molecular weight excluding hydrogens is 322 g/mol. The van der Waals surface area contributed by atoms with Crippen LogP contribution in [0.5, 0.6) is 11.5 Å². The van der Waals surface area contributed by atoms with E-state index in [4.69, 9.17) is 9.47 Å². The fourth-order valence-electron chi connectivity index (χ4n) is 2.41. The smallest absolute Gasteiger partial charge is 0.265 e. The molecule has 0 spiro atoms. The van der Waals surface area contributed by atoms with E-state index < -0.39 is 5.91 Å². The topological polar surface area (TPSA) is 80.2 Å². The average Bonchev–Trinajstić information content (AvgIpc) is 2.64. The van der Waals surface area contributed by atoms with E-state index >= 15 is 0 Å². The summed E-state index contributed by atoms with van der Waals surface area (Å²) in [4.78, 5) is 25.5. The number of methoxy groups -OCH3 is 1. The summed E-state index contributed by atoms with van der Waals surface area (Å²) >= 11 is 0. The number of carbonyl (C=O) groups excluding carboxylic acids is 2. The lowest BCUT2D eigenvalue weighted by molar-refractivity contribution is -0.125. The first kappa shape index (κ1) is 16.5. The Hall–Kier alpha value is -3.35. The Morgan fingerprint density at radius 2 is 2.16 bits per heavy atom. The molecule has 7 nitrogen and oxygen atoms in total. The number of ether oxygens (including phenoxy) is 2. The maximum atomic E-state index is 12.1. The van der Waals surface area contributed by atoms with Crippen molar-refractivity contribution in [3.05, 3.63) is 54.1 Å². The minimum absolute atomic E-state index is 0.0859. The van der Waals surface area contributed by atoms with Crippen LogP contribution in [0.1, 0.15) is 5.56 Å². The highest BCUT2D eigenvalue weighted by Gasteiger charge is 2.26. The average molecular weight is 339 g/mol. The van der Waals surface area contributed by atoms with Crippen molar-refractivity contribution in [3.63, 3.8) is 0 Å². The van der Waals surface area contributed by atoms with Crippen LogP contribution < -0.4 is 19.8 Å². The molecule has 128 valence electrons. The molecule has 1 heterocycles. The van der Waals surface area contributed by atoms with Crippen LogP contribution in [0.25, 0.3) is 0 Å². The molecule has 0 atom stereocenters. The van der Waals surface area contributed by atoms with Crippen molar-refractivity contribution < 1.29 is 19.1 Å². The Kier molecular flexibility index (Phi) is 4.94.